The number of carbonyl (C=O) groups is 1. The first-order valence-corrected chi connectivity index (χ1v) is 11.1. The van der Waals surface area contributed by atoms with Gasteiger partial charge < -0.3 is 24.3 Å². The molecule has 3 rings (SSSR count). The maximum Gasteiger partial charge on any atom is 0.243 e. The minimum Gasteiger partial charge on any atom is -0.497 e. The molecule has 2 aromatic carbocycles. The summed E-state index contributed by atoms with van der Waals surface area (Å²) in [5, 5.41) is 2.78. The molecule has 1 heterocycles. The Morgan fingerprint density at radius 1 is 0.935 bits per heavy atom. The van der Waals surface area contributed by atoms with Crippen LogP contribution in [0.2, 0.25) is 0 Å². The van der Waals surface area contributed by atoms with Gasteiger partial charge in [0.2, 0.25) is 15.9 Å². The van der Waals surface area contributed by atoms with Gasteiger partial charge in [0, 0.05) is 18.7 Å². The molecule has 168 valence electrons. The normalized spacial score (nSPS) is 16.6. The Morgan fingerprint density at radius 3 is 2.29 bits per heavy atom. The molecule has 1 saturated heterocycles. The van der Waals surface area contributed by atoms with Crippen molar-refractivity contribution in [1.82, 2.24) is 4.31 Å². The summed E-state index contributed by atoms with van der Waals surface area (Å²) in [6, 6.07) is 8.50. The molecular formula is C21H26N2O7S. The lowest BCUT2D eigenvalue weighted by atomic mass is 10.2. The van der Waals surface area contributed by atoms with Crippen LogP contribution < -0.4 is 24.3 Å². The zero-order valence-corrected chi connectivity index (χ0v) is 18.7. The number of hydrogen-bond donors (Lipinski definition) is 1. The molecule has 1 unspecified atom stereocenters. The van der Waals surface area contributed by atoms with Gasteiger partial charge in [-0.1, -0.05) is 0 Å². The molecule has 1 N–H and O–H groups in total. The van der Waals surface area contributed by atoms with Gasteiger partial charge in [0.1, 0.15) is 17.5 Å². The minimum absolute atomic E-state index is 0.0341. The van der Waals surface area contributed by atoms with Crippen molar-refractivity contribution in [3.63, 3.8) is 0 Å². The van der Waals surface area contributed by atoms with E-state index >= 15 is 0 Å². The molecule has 0 radical (unpaired) electrons. The number of nitrogens with zero attached hydrogens (tertiary/aromatic N) is 1. The fraction of sp³-hybridized carbons (Fsp3) is 0.381. The highest BCUT2D eigenvalue weighted by Gasteiger charge is 2.40. The molecule has 0 aliphatic carbocycles. The number of hydrogen-bond acceptors (Lipinski definition) is 7. The van der Waals surface area contributed by atoms with Crippen molar-refractivity contribution >= 4 is 21.6 Å². The summed E-state index contributed by atoms with van der Waals surface area (Å²) >= 11 is 0. The summed E-state index contributed by atoms with van der Waals surface area (Å²) in [6.07, 6.45) is 0.987. The molecule has 1 aliphatic heterocycles. The third-order valence-corrected chi connectivity index (χ3v) is 7.04. The molecule has 0 spiro atoms. The first kappa shape index (κ1) is 22.7. The van der Waals surface area contributed by atoms with Crippen molar-refractivity contribution < 1.29 is 32.2 Å². The summed E-state index contributed by atoms with van der Waals surface area (Å²) < 4.78 is 48.7. The van der Waals surface area contributed by atoms with E-state index in [0.29, 0.717) is 41.5 Å². The Morgan fingerprint density at radius 2 is 1.65 bits per heavy atom. The van der Waals surface area contributed by atoms with Gasteiger partial charge in [-0.15, -0.1) is 0 Å². The second-order valence-corrected chi connectivity index (χ2v) is 8.74. The maximum absolute atomic E-state index is 13.3. The lowest BCUT2D eigenvalue weighted by Gasteiger charge is -2.24. The average molecular weight is 451 g/mol. The van der Waals surface area contributed by atoms with Crippen molar-refractivity contribution in [1.29, 1.82) is 0 Å². The van der Waals surface area contributed by atoms with E-state index < -0.39 is 22.0 Å². The highest BCUT2D eigenvalue weighted by atomic mass is 32.2. The van der Waals surface area contributed by atoms with E-state index in [2.05, 4.69) is 5.32 Å². The lowest BCUT2D eigenvalue weighted by molar-refractivity contribution is -0.119. The van der Waals surface area contributed by atoms with E-state index in [4.69, 9.17) is 18.9 Å². The topological polar surface area (TPSA) is 103 Å². The van der Waals surface area contributed by atoms with Crippen LogP contribution in [0.4, 0.5) is 5.69 Å². The zero-order valence-electron chi connectivity index (χ0n) is 17.9. The summed E-state index contributed by atoms with van der Waals surface area (Å²) in [4.78, 5) is 13.0. The van der Waals surface area contributed by atoms with E-state index in [0.717, 1.165) is 0 Å². The van der Waals surface area contributed by atoms with Crippen LogP contribution in [0.1, 0.15) is 12.8 Å². The first-order valence-electron chi connectivity index (χ1n) is 9.62. The fourth-order valence-corrected chi connectivity index (χ4v) is 5.19. The van der Waals surface area contributed by atoms with Crippen molar-refractivity contribution in [3.05, 3.63) is 36.4 Å². The molecule has 2 aromatic rings. The monoisotopic (exact) mass is 450 g/mol. The van der Waals surface area contributed by atoms with E-state index in [1.165, 1.54) is 50.9 Å². The summed E-state index contributed by atoms with van der Waals surface area (Å²) in [6.45, 7) is 0.245. The number of carbonyl (C=O) groups excluding carboxylic acids is 1. The molecule has 1 fully saturated rings. The van der Waals surface area contributed by atoms with Crippen LogP contribution in [0.5, 0.6) is 23.0 Å². The van der Waals surface area contributed by atoms with Crippen LogP contribution in [-0.4, -0.2) is 59.7 Å². The van der Waals surface area contributed by atoms with E-state index in [1.807, 2.05) is 0 Å². The number of benzene rings is 2. The van der Waals surface area contributed by atoms with E-state index in [1.54, 1.807) is 18.2 Å². The standard InChI is InChI=1S/C21H26N2O7S/c1-27-14-7-9-16(19(12-14)29-3)22-21(24)17-6-5-11-23(17)31(25,26)15-8-10-18(28-2)20(13-15)30-4/h7-10,12-13,17H,5-6,11H2,1-4H3,(H,22,24). The van der Waals surface area contributed by atoms with Crippen LogP contribution in [0, 0.1) is 0 Å². The summed E-state index contributed by atoms with van der Waals surface area (Å²) in [5.74, 6) is 1.29. The molecule has 10 heteroatoms. The molecule has 1 atom stereocenters. The van der Waals surface area contributed by atoms with Crippen LogP contribution in [0.3, 0.4) is 0 Å². The van der Waals surface area contributed by atoms with Crippen LogP contribution >= 0.6 is 0 Å². The Balaban J connectivity index is 1.86. The van der Waals surface area contributed by atoms with Gasteiger partial charge in [-0.25, -0.2) is 8.42 Å². The maximum atomic E-state index is 13.3. The predicted octanol–water partition coefficient (Wildman–Crippen LogP) is 2.51. The van der Waals surface area contributed by atoms with Gasteiger partial charge in [0.05, 0.1) is 39.0 Å². The minimum atomic E-state index is -3.92. The number of methoxy groups -OCH3 is 4. The average Bonchev–Trinajstić information content (AvgIpc) is 3.30. The highest BCUT2D eigenvalue weighted by Crippen LogP contribution is 2.34. The van der Waals surface area contributed by atoms with Gasteiger partial charge in [-0.05, 0) is 37.1 Å². The molecule has 31 heavy (non-hydrogen) atoms. The Hall–Kier alpha value is -2.98. The molecule has 1 aliphatic rings. The Labute approximate surface area is 181 Å². The Bertz CT molecular complexity index is 1060. The van der Waals surface area contributed by atoms with Crippen molar-refractivity contribution in [2.45, 2.75) is 23.8 Å². The lowest BCUT2D eigenvalue weighted by Crippen LogP contribution is -2.43. The van der Waals surface area contributed by atoms with E-state index in [9.17, 15) is 13.2 Å². The molecule has 0 saturated carbocycles. The van der Waals surface area contributed by atoms with Crippen LogP contribution in [0.15, 0.2) is 41.3 Å². The number of ether oxygens (including phenoxy) is 4. The first-order chi connectivity index (χ1) is 14.8. The van der Waals surface area contributed by atoms with Gasteiger partial charge in [-0.3, -0.25) is 4.79 Å². The number of amides is 1. The number of anilines is 1. The van der Waals surface area contributed by atoms with Crippen LogP contribution in [-0.2, 0) is 14.8 Å². The number of sulfonamides is 1. The van der Waals surface area contributed by atoms with Gasteiger partial charge in [0.15, 0.2) is 11.5 Å². The Kier molecular flexibility index (Phi) is 6.91. The largest absolute Gasteiger partial charge is 0.497 e. The zero-order chi connectivity index (χ0) is 22.6. The SMILES string of the molecule is COc1ccc(NC(=O)C2CCCN2S(=O)(=O)c2ccc(OC)c(OC)c2)c(OC)c1. The summed E-state index contributed by atoms with van der Waals surface area (Å²) in [7, 11) is 1.99. The second-order valence-electron chi connectivity index (χ2n) is 6.85. The number of rotatable bonds is 8. The van der Waals surface area contributed by atoms with Crippen molar-refractivity contribution in [3.8, 4) is 23.0 Å². The van der Waals surface area contributed by atoms with Crippen molar-refractivity contribution in [2.75, 3.05) is 40.3 Å². The van der Waals surface area contributed by atoms with Gasteiger partial charge >= 0.3 is 0 Å². The fourth-order valence-electron chi connectivity index (χ4n) is 3.52. The molecule has 9 nitrogen and oxygen atoms in total. The third kappa shape index (κ3) is 4.54. The van der Waals surface area contributed by atoms with Gasteiger partial charge in [-0.2, -0.15) is 4.31 Å². The highest BCUT2D eigenvalue weighted by molar-refractivity contribution is 7.89. The molecule has 0 bridgehead atoms. The molecule has 1 amide bonds. The van der Waals surface area contributed by atoms with Crippen LogP contribution in [0.25, 0.3) is 0 Å². The molecular weight excluding hydrogens is 424 g/mol. The van der Waals surface area contributed by atoms with E-state index in [-0.39, 0.29) is 11.4 Å². The third-order valence-electron chi connectivity index (χ3n) is 5.13. The van der Waals surface area contributed by atoms with Gasteiger partial charge in [0.25, 0.3) is 0 Å². The smallest absolute Gasteiger partial charge is 0.243 e. The predicted molar refractivity (Wildman–Crippen MR) is 115 cm³/mol. The molecule has 0 aromatic heterocycles. The second kappa shape index (κ2) is 9.44. The quantitative estimate of drug-likeness (QED) is 0.659. The van der Waals surface area contributed by atoms with Crippen molar-refractivity contribution in [2.24, 2.45) is 0 Å². The summed E-state index contributed by atoms with van der Waals surface area (Å²) in [5.41, 5.74) is 0.434. The number of nitrogens with one attached hydrogen (secondary N) is 1.